The van der Waals surface area contributed by atoms with Crippen LogP contribution in [0.4, 0.5) is 0 Å². The van der Waals surface area contributed by atoms with Crippen molar-refractivity contribution < 1.29 is 168 Å². The minimum Gasteiger partial charge on any atom is -0.481 e. The molecule has 12 rings (SSSR count). The fourth-order valence-electron chi connectivity index (χ4n) is 21.7. The van der Waals surface area contributed by atoms with E-state index in [0.717, 1.165) is 49.5 Å². The van der Waals surface area contributed by atoms with Crippen molar-refractivity contribution in [2.75, 3.05) is 26.4 Å². The van der Waals surface area contributed by atoms with Crippen molar-refractivity contribution in [2.24, 2.45) is 50.2 Å². The number of allylic oxidation sites excluding steroid dienone is 2. The Bertz CT molecular complexity index is 3610. The third-order valence-corrected chi connectivity index (χ3v) is 30.1. The number of aliphatic hydroxyl groups excluding tert-OH is 15. The molecule has 17 unspecified atom stereocenters. The van der Waals surface area contributed by atoms with Crippen LogP contribution < -0.4 is 5.32 Å². The molecule has 0 aromatic heterocycles. The third-order valence-electron chi connectivity index (χ3n) is 28.9. The number of aliphatic hydroxyl groups is 15. The van der Waals surface area contributed by atoms with E-state index >= 15 is 4.79 Å². The van der Waals surface area contributed by atoms with Crippen LogP contribution in [-0.2, 0) is 87.4 Å². The second kappa shape index (κ2) is 38.7. The Morgan fingerprint density at radius 3 is 1.77 bits per heavy atom. The van der Waals surface area contributed by atoms with E-state index in [9.17, 15) is 101 Å². The highest BCUT2D eigenvalue weighted by atomic mass is 32.2. The number of carbonyl (C=O) groups is 5. The Morgan fingerprint density at radius 2 is 1.15 bits per heavy atom. The summed E-state index contributed by atoms with van der Waals surface area (Å²) in [6, 6.07) is 7.91. The summed E-state index contributed by atoms with van der Waals surface area (Å²) in [4.78, 5) is 69.4. The van der Waals surface area contributed by atoms with Crippen LogP contribution in [0.15, 0.2) is 42.0 Å². The molecule has 36 heteroatoms. The SMILES string of the molecule is CC1O[C@@H](OC2C(O)[C@@H](NC(=O)CCCCCCCCCCC(=O)O)C(COCc3ccccc3)O[C@H]2SC(=O)[C@]23CCC(C)(C)CC2C2=CCC4C5(C)CC[C@H](O[C@@H]6OC(C(=O)O)[C@@H](O)[C@H](O[C@@H]7OC[C@@H](O)[C@@H](O)C7O)C6O[C@@H]6OC(CO)[C@@H](O)[C@H](O)C6O)[C@](C)(C=O)[C@@H]5CC[C@]4(C)[C@]2(C)CC3O)C(O)C(O)[C@H]1O[C@@H]1OC[C@@H](O)C(O)C1O. The van der Waals surface area contributed by atoms with Gasteiger partial charge in [0.25, 0.3) is 0 Å². The van der Waals surface area contributed by atoms with Crippen LogP contribution in [0.2, 0.25) is 0 Å². The van der Waals surface area contributed by atoms with E-state index < -0.39 is 270 Å². The predicted molar refractivity (Wildman–Crippen MR) is 412 cm³/mol. The Kier molecular flexibility index (Phi) is 30.6. The molecule has 6 aliphatic heterocycles. The van der Waals surface area contributed by atoms with E-state index in [2.05, 4.69) is 46.0 Å². The standard InChI is InChI=1S/C83H127NO34S/c1-39-65(114-71-60(99)54(93)43(87)35-108-71)59(98)63(102)73(110-39)117-68-57(96)53(84-51(90)21-17-12-10-8-9-11-13-18-22-52(91)92)46(37-107-34-40-19-15-14-16-20-40)112-76(68)119-77(106)83-30-29-78(2,3)31-42(83)41-23-24-48-79(4)27-26-50(80(5,38-86)47(79)25-28-81(48,6)82(41,7)32-49(83)89)113-75-69(118-74-62(101)58(97)56(95)45(33-85)111-74)66(64(103)67(116-75)70(104)105)115-72-61(100)55(94)44(88)36-109-72/h14-16,19-20,23,38-39,42-50,53-69,71-76,85,87-89,93-103H,8-13,17-18,21-22,24-37H2,1-7H3,(H,84,90)(H,91,92)(H,104,105)/t39?,42?,43-,44-,45?,46?,47-,48?,49?,50+,53+,54?,55-,56-,57?,58+,59?,60?,61?,62?,63?,64+,65+,66+,67?,68?,69?,71+,72+,73+,74+,75-,76+,79?,80-,81+,82-,83-/m1/s1. The van der Waals surface area contributed by atoms with Gasteiger partial charge in [0.1, 0.15) is 128 Å². The quantitative estimate of drug-likeness (QED) is 0.0204. The zero-order valence-corrected chi connectivity index (χ0v) is 69.3. The van der Waals surface area contributed by atoms with Gasteiger partial charge < -0.3 is 154 Å². The monoisotopic (exact) mass is 1710 g/mol. The summed E-state index contributed by atoms with van der Waals surface area (Å²) in [5.74, 6) is -4.37. The number of aldehydes is 1. The van der Waals surface area contributed by atoms with Crippen LogP contribution >= 0.6 is 11.8 Å². The van der Waals surface area contributed by atoms with Gasteiger partial charge in [-0.15, -0.1) is 0 Å². The fourth-order valence-corrected chi connectivity index (χ4v) is 23.1. The van der Waals surface area contributed by atoms with Crippen molar-refractivity contribution in [2.45, 2.75) is 360 Å². The minimum absolute atomic E-state index is 0.0390. The average molecular weight is 1710 g/mol. The highest BCUT2D eigenvalue weighted by molar-refractivity contribution is 8.14. The maximum absolute atomic E-state index is 16.6. The molecule has 0 spiro atoms. The number of carboxylic acids is 2. The van der Waals surface area contributed by atoms with Crippen molar-refractivity contribution in [1.29, 1.82) is 0 Å². The minimum atomic E-state index is -2.23. The summed E-state index contributed by atoms with van der Waals surface area (Å²) in [5.41, 5.74) is -5.36. The Hall–Kier alpha value is -4.02. The van der Waals surface area contributed by atoms with Gasteiger partial charge in [-0.05, 0) is 123 Å². The Morgan fingerprint density at radius 1 is 0.563 bits per heavy atom. The van der Waals surface area contributed by atoms with Gasteiger partial charge in [-0.25, -0.2) is 4.79 Å². The number of aliphatic carboxylic acids is 2. The number of rotatable bonds is 31. The lowest BCUT2D eigenvalue weighted by molar-refractivity contribution is -0.391. The van der Waals surface area contributed by atoms with Crippen molar-refractivity contribution in [3.8, 4) is 0 Å². The number of ether oxygens (including phenoxy) is 12. The van der Waals surface area contributed by atoms with Gasteiger partial charge in [0, 0.05) is 12.8 Å². The van der Waals surface area contributed by atoms with Gasteiger partial charge in [-0.1, -0.05) is 134 Å². The van der Waals surface area contributed by atoms with Crippen molar-refractivity contribution >= 4 is 41.0 Å². The molecule has 10 fully saturated rings. The predicted octanol–water partition coefficient (Wildman–Crippen LogP) is 0.212. The van der Waals surface area contributed by atoms with E-state index in [1.54, 1.807) is 6.92 Å². The van der Waals surface area contributed by atoms with Crippen LogP contribution in [-0.4, -0.2) is 326 Å². The number of fused-ring (bicyclic) bond motifs is 7. The molecule has 11 aliphatic rings. The number of benzene rings is 1. The van der Waals surface area contributed by atoms with Crippen molar-refractivity contribution in [1.82, 2.24) is 5.32 Å². The Labute approximate surface area is 695 Å². The molecule has 0 radical (unpaired) electrons. The van der Waals surface area contributed by atoms with Gasteiger partial charge in [0.05, 0.1) is 68.2 Å². The van der Waals surface area contributed by atoms with Crippen LogP contribution in [0.1, 0.15) is 176 Å². The first-order valence-electron chi connectivity index (χ1n) is 42.3. The zero-order chi connectivity index (χ0) is 86.3. The lowest BCUT2D eigenvalue weighted by Gasteiger charge is -2.71. The molecule has 38 atom stereocenters. The summed E-state index contributed by atoms with van der Waals surface area (Å²) >= 11 is 0.697. The summed E-state index contributed by atoms with van der Waals surface area (Å²) in [6.07, 6.45) is -37.0. The van der Waals surface area contributed by atoms with E-state index in [1.807, 2.05) is 30.3 Å². The summed E-state index contributed by atoms with van der Waals surface area (Å²) in [7, 11) is 0. The number of carbonyl (C=O) groups excluding carboxylic acids is 3. The second-order valence-electron chi connectivity index (χ2n) is 36.9. The third kappa shape index (κ3) is 18.9. The largest absolute Gasteiger partial charge is 0.481 e. The molecule has 5 aliphatic carbocycles. The molecular formula is C83H127NO34S. The van der Waals surface area contributed by atoms with E-state index in [0.29, 0.717) is 69.5 Å². The van der Waals surface area contributed by atoms with Crippen LogP contribution in [0.25, 0.3) is 0 Å². The fraction of sp³-hybridized carbons (Fsp3) is 0.843. The zero-order valence-electron chi connectivity index (χ0n) is 68.5. The topological polar surface area (TPSA) is 552 Å². The smallest absolute Gasteiger partial charge is 0.335 e. The molecule has 1 aromatic carbocycles. The molecule has 674 valence electrons. The normalized spacial score (nSPS) is 46.6. The summed E-state index contributed by atoms with van der Waals surface area (Å²) in [5, 5.41) is 192. The van der Waals surface area contributed by atoms with Crippen molar-refractivity contribution in [3.63, 3.8) is 0 Å². The van der Waals surface area contributed by atoms with Gasteiger partial charge in [-0.3, -0.25) is 14.4 Å². The van der Waals surface area contributed by atoms with Crippen LogP contribution in [0.5, 0.6) is 0 Å². The van der Waals surface area contributed by atoms with Gasteiger partial charge in [0.15, 0.2) is 37.6 Å². The number of hydrogen-bond acceptors (Lipinski definition) is 33. The van der Waals surface area contributed by atoms with E-state index in [-0.39, 0.29) is 51.2 Å². The molecule has 18 N–H and O–H groups in total. The lowest BCUT2D eigenvalue weighted by Crippen LogP contribution is -2.69. The number of amides is 1. The molecular weight excluding hydrogens is 1590 g/mol. The van der Waals surface area contributed by atoms with Gasteiger partial charge >= 0.3 is 11.9 Å². The van der Waals surface area contributed by atoms with E-state index in [1.165, 1.54) is 6.92 Å². The molecule has 6 heterocycles. The van der Waals surface area contributed by atoms with Crippen molar-refractivity contribution in [3.05, 3.63) is 47.5 Å². The highest BCUT2D eigenvalue weighted by Crippen LogP contribution is 2.76. The average Bonchev–Trinajstić information content (AvgIpc) is 0.669. The first-order valence-corrected chi connectivity index (χ1v) is 43.2. The first-order chi connectivity index (χ1) is 56.3. The summed E-state index contributed by atoms with van der Waals surface area (Å²) < 4.78 is 74.2. The van der Waals surface area contributed by atoms with E-state index in [4.69, 9.17) is 61.9 Å². The number of unbranched alkanes of at least 4 members (excludes halogenated alkanes) is 7. The van der Waals surface area contributed by atoms with Crippen LogP contribution in [0, 0.1) is 50.2 Å². The number of carboxylic acid groups (broad SMARTS) is 2. The summed E-state index contributed by atoms with van der Waals surface area (Å²) in [6.45, 7) is 11.8. The number of thioether (sulfide) groups is 1. The maximum Gasteiger partial charge on any atom is 0.335 e. The molecule has 6 saturated heterocycles. The molecule has 4 saturated carbocycles. The number of hydrogen-bond donors (Lipinski definition) is 18. The molecule has 119 heavy (non-hydrogen) atoms. The molecule has 1 amide bonds. The maximum atomic E-state index is 16.6. The van der Waals surface area contributed by atoms with Crippen LogP contribution in [0.3, 0.4) is 0 Å². The molecule has 35 nitrogen and oxygen atoms in total. The Balaban J connectivity index is 0.828. The van der Waals surface area contributed by atoms with Gasteiger partial charge in [0.2, 0.25) is 11.0 Å². The molecule has 1 aromatic rings. The second-order valence-corrected chi connectivity index (χ2v) is 38.0. The lowest BCUT2D eigenvalue weighted by atomic mass is 9.33. The number of nitrogens with one attached hydrogen (secondary N) is 1. The van der Waals surface area contributed by atoms with Gasteiger partial charge in [-0.2, -0.15) is 0 Å². The highest BCUT2D eigenvalue weighted by Gasteiger charge is 2.73. The molecule has 0 bridgehead atoms. The first kappa shape index (κ1) is 94.1.